The molecule has 1 fully saturated rings. The molecule has 0 radical (unpaired) electrons. The van der Waals surface area contributed by atoms with E-state index in [4.69, 9.17) is 0 Å². The predicted octanol–water partition coefficient (Wildman–Crippen LogP) is 2.47. The first-order valence-corrected chi connectivity index (χ1v) is 10.6. The van der Waals surface area contributed by atoms with E-state index in [0.717, 1.165) is 16.9 Å². The number of hydrogen-bond acceptors (Lipinski definition) is 5. The Kier molecular flexibility index (Phi) is 4.17. The maximum Gasteiger partial charge on any atom is 0.325 e. The van der Waals surface area contributed by atoms with Crippen molar-refractivity contribution >= 4 is 27.3 Å². The van der Waals surface area contributed by atoms with Gasteiger partial charge in [0.15, 0.2) is 0 Å². The zero-order valence-corrected chi connectivity index (χ0v) is 15.9. The van der Waals surface area contributed by atoms with Crippen LogP contribution in [0.1, 0.15) is 18.4 Å². The maximum atomic E-state index is 12.9. The topological polar surface area (TPSA) is 101 Å². The van der Waals surface area contributed by atoms with Crippen LogP contribution in [0.3, 0.4) is 0 Å². The molecule has 2 heterocycles. The molecular formula is C18H17N3O4S2. The van der Waals surface area contributed by atoms with Crippen molar-refractivity contribution in [2.75, 3.05) is 0 Å². The van der Waals surface area contributed by atoms with Crippen LogP contribution in [0.4, 0.5) is 0 Å². The maximum absolute atomic E-state index is 12.9. The van der Waals surface area contributed by atoms with Crippen LogP contribution in [0.15, 0.2) is 65.1 Å². The molecule has 4 rings (SSSR count). The highest BCUT2D eigenvalue weighted by molar-refractivity contribution is 7.91. The van der Waals surface area contributed by atoms with Gasteiger partial charge in [-0.15, -0.1) is 11.3 Å². The lowest BCUT2D eigenvalue weighted by atomic mass is 10.1. The Hall–Kier alpha value is -2.49. The smallest absolute Gasteiger partial charge is 0.325 e. The molecular weight excluding hydrogens is 386 g/mol. The Morgan fingerprint density at radius 3 is 2.59 bits per heavy atom. The summed E-state index contributed by atoms with van der Waals surface area (Å²) in [5.41, 5.74) is -0.741. The van der Waals surface area contributed by atoms with Gasteiger partial charge in [0.05, 0.1) is 0 Å². The zero-order chi connectivity index (χ0) is 19.2. The molecule has 0 spiro atoms. The first-order valence-electron chi connectivity index (χ1n) is 8.28. The van der Waals surface area contributed by atoms with Crippen molar-refractivity contribution in [2.24, 2.45) is 5.92 Å². The summed E-state index contributed by atoms with van der Waals surface area (Å²) in [5, 5.41) is 14.5. The molecule has 1 aromatic carbocycles. The van der Waals surface area contributed by atoms with Gasteiger partial charge >= 0.3 is 5.97 Å². The number of aliphatic carboxylic acids is 1. The molecule has 7 nitrogen and oxygen atoms in total. The number of carbonyl (C=O) groups is 1. The quantitative estimate of drug-likeness (QED) is 0.658. The Bertz CT molecular complexity index is 1080. The second-order valence-corrected chi connectivity index (χ2v) is 9.47. The number of nitrogens with one attached hydrogen (secondary N) is 1. The summed E-state index contributed by atoms with van der Waals surface area (Å²) in [4.78, 5) is 12.0. The van der Waals surface area contributed by atoms with Gasteiger partial charge in [-0.05, 0) is 29.7 Å². The lowest BCUT2D eigenvalue weighted by Crippen LogP contribution is -2.45. The van der Waals surface area contributed by atoms with Crippen molar-refractivity contribution in [3.05, 3.63) is 66.5 Å². The molecule has 1 aliphatic rings. The van der Waals surface area contributed by atoms with Crippen molar-refractivity contribution in [3.63, 3.8) is 0 Å². The lowest BCUT2D eigenvalue weighted by Gasteiger charge is -2.15. The van der Waals surface area contributed by atoms with Crippen molar-refractivity contribution < 1.29 is 18.3 Å². The average molecular weight is 403 g/mol. The second-order valence-electron chi connectivity index (χ2n) is 6.50. The van der Waals surface area contributed by atoms with Gasteiger partial charge in [-0.1, -0.05) is 37.3 Å². The summed E-state index contributed by atoms with van der Waals surface area (Å²) in [5.74, 6) is -1.95. The van der Waals surface area contributed by atoms with Crippen molar-refractivity contribution in [3.8, 4) is 5.00 Å². The van der Waals surface area contributed by atoms with Gasteiger partial charge in [-0.2, -0.15) is 9.82 Å². The van der Waals surface area contributed by atoms with Gasteiger partial charge in [0.1, 0.15) is 14.7 Å². The van der Waals surface area contributed by atoms with Crippen LogP contribution < -0.4 is 4.72 Å². The summed E-state index contributed by atoms with van der Waals surface area (Å²) in [7, 11) is -4.00. The van der Waals surface area contributed by atoms with E-state index in [1.165, 1.54) is 6.07 Å². The fraction of sp³-hybridized carbons (Fsp3) is 0.222. The number of benzene rings is 1. The van der Waals surface area contributed by atoms with E-state index in [-0.39, 0.29) is 10.1 Å². The SMILES string of the molecule is CC1[C@@H](c2ccccc2)[C@]1(NS(=O)(=O)c1ccc(-n2cccn2)s1)C(=O)O. The van der Waals surface area contributed by atoms with Crippen LogP contribution in [-0.2, 0) is 14.8 Å². The zero-order valence-electron chi connectivity index (χ0n) is 14.3. The minimum atomic E-state index is -4.00. The largest absolute Gasteiger partial charge is 0.480 e. The molecule has 1 unspecified atom stereocenters. The van der Waals surface area contributed by atoms with Crippen molar-refractivity contribution in [1.82, 2.24) is 14.5 Å². The molecule has 0 aliphatic heterocycles. The Morgan fingerprint density at radius 1 is 1.22 bits per heavy atom. The van der Waals surface area contributed by atoms with Gasteiger partial charge in [0.2, 0.25) is 0 Å². The number of hydrogen-bond donors (Lipinski definition) is 2. The minimum Gasteiger partial charge on any atom is -0.480 e. The molecule has 2 N–H and O–H groups in total. The summed E-state index contributed by atoms with van der Waals surface area (Å²) >= 11 is 1.03. The van der Waals surface area contributed by atoms with E-state index in [0.29, 0.717) is 5.00 Å². The average Bonchev–Trinajstić information content (AvgIpc) is 3.11. The Labute approximate surface area is 160 Å². The van der Waals surface area contributed by atoms with E-state index in [1.807, 2.05) is 30.3 Å². The van der Waals surface area contributed by atoms with E-state index in [9.17, 15) is 18.3 Å². The summed E-state index contributed by atoms with van der Waals surface area (Å²) in [6.45, 7) is 1.75. The molecule has 3 aromatic rings. The third-order valence-corrected chi connectivity index (χ3v) is 8.03. The molecule has 0 bridgehead atoms. The third-order valence-electron chi connectivity index (χ3n) is 4.98. The first kappa shape index (κ1) is 17.9. The van der Waals surface area contributed by atoms with E-state index >= 15 is 0 Å². The van der Waals surface area contributed by atoms with Gasteiger partial charge in [0.25, 0.3) is 10.0 Å². The fourth-order valence-corrected chi connectivity index (χ4v) is 6.24. The summed E-state index contributed by atoms with van der Waals surface area (Å²) < 4.78 is 29.9. The van der Waals surface area contributed by atoms with Crippen molar-refractivity contribution in [2.45, 2.75) is 22.6 Å². The fourth-order valence-electron chi connectivity index (χ4n) is 3.55. The highest BCUT2D eigenvalue weighted by atomic mass is 32.2. The number of nitrogens with zero attached hydrogens (tertiary/aromatic N) is 2. The second kappa shape index (κ2) is 6.29. The van der Waals surface area contributed by atoms with Gasteiger partial charge < -0.3 is 5.11 Å². The third kappa shape index (κ3) is 2.88. The van der Waals surface area contributed by atoms with Crippen molar-refractivity contribution in [1.29, 1.82) is 0 Å². The number of carboxylic acid groups (broad SMARTS) is 1. The Balaban J connectivity index is 1.66. The van der Waals surface area contributed by atoms with Crippen LogP contribution in [0.25, 0.3) is 5.00 Å². The first-order chi connectivity index (χ1) is 12.9. The normalized spacial score (nSPS) is 24.6. The van der Waals surface area contributed by atoms with Crippen LogP contribution >= 0.6 is 11.3 Å². The van der Waals surface area contributed by atoms with E-state index < -0.39 is 27.4 Å². The van der Waals surface area contributed by atoms with Crippen LogP contribution in [0.2, 0.25) is 0 Å². The molecule has 1 aliphatic carbocycles. The molecule has 0 amide bonds. The summed E-state index contributed by atoms with van der Waals surface area (Å²) in [6, 6.07) is 14.0. The van der Waals surface area contributed by atoms with E-state index in [2.05, 4.69) is 9.82 Å². The number of aromatic nitrogens is 2. The van der Waals surface area contributed by atoms with Crippen LogP contribution in [0, 0.1) is 5.92 Å². The summed E-state index contributed by atoms with van der Waals surface area (Å²) in [6.07, 6.45) is 3.31. The molecule has 140 valence electrons. The molecule has 9 heteroatoms. The number of thiophene rings is 1. The standard InChI is InChI=1S/C18H17N3O4S2/c1-12-16(13-6-3-2-4-7-13)18(12,17(22)23)20-27(24,25)15-9-8-14(26-15)21-11-5-10-19-21/h2-12,16,20H,1H3,(H,22,23)/t12?,16-,18-/m0/s1. The highest BCUT2D eigenvalue weighted by Crippen LogP contribution is 2.58. The predicted molar refractivity (Wildman–Crippen MR) is 100 cm³/mol. The van der Waals surface area contributed by atoms with Crippen LogP contribution in [0.5, 0.6) is 0 Å². The van der Waals surface area contributed by atoms with Crippen LogP contribution in [-0.4, -0.2) is 34.8 Å². The number of carboxylic acids is 1. The Morgan fingerprint density at radius 2 is 1.96 bits per heavy atom. The van der Waals surface area contributed by atoms with Gasteiger partial charge in [0, 0.05) is 18.3 Å². The molecule has 27 heavy (non-hydrogen) atoms. The minimum absolute atomic E-state index is 0.0551. The lowest BCUT2D eigenvalue weighted by molar-refractivity contribution is -0.140. The monoisotopic (exact) mass is 403 g/mol. The number of rotatable bonds is 6. The van der Waals surface area contributed by atoms with E-state index in [1.54, 1.807) is 36.1 Å². The van der Waals surface area contributed by atoms with Gasteiger partial charge in [-0.3, -0.25) is 4.79 Å². The molecule has 1 saturated carbocycles. The highest BCUT2D eigenvalue weighted by Gasteiger charge is 2.70. The molecule has 3 atom stereocenters. The number of sulfonamides is 1. The van der Waals surface area contributed by atoms with Gasteiger partial charge in [-0.25, -0.2) is 13.1 Å². The molecule has 2 aromatic heterocycles. The molecule has 0 saturated heterocycles.